The van der Waals surface area contributed by atoms with Gasteiger partial charge in [-0.2, -0.15) is 5.26 Å². The summed E-state index contributed by atoms with van der Waals surface area (Å²) < 4.78 is 0. The highest BCUT2D eigenvalue weighted by molar-refractivity contribution is 6.20. The van der Waals surface area contributed by atoms with E-state index in [1.807, 2.05) is 17.9 Å². The standard InChI is InChI=1S/C14H16ClN3O/c1-10(15)12-4-6-18(7-5-12)14(19)13-3-2-11(8-16)9-17-13/h2-3,9-10,12H,4-7H2,1H3. The predicted octanol–water partition coefficient (Wildman–Crippen LogP) is 2.43. The summed E-state index contributed by atoms with van der Waals surface area (Å²) in [5, 5.41) is 8.86. The SMILES string of the molecule is CC(Cl)C1CCN(C(=O)c2ccc(C#N)cn2)CC1. The lowest BCUT2D eigenvalue weighted by atomic mass is 9.94. The monoisotopic (exact) mass is 277 g/mol. The van der Waals surface area contributed by atoms with E-state index in [0.717, 1.165) is 25.9 Å². The van der Waals surface area contributed by atoms with Gasteiger partial charge < -0.3 is 4.90 Å². The first-order chi connectivity index (χ1) is 9.11. The Morgan fingerprint density at radius 2 is 2.21 bits per heavy atom. The largest absolute Gasteiger partial charge is 0.337 e. The summed E-state index contributed by atoms with van der Waals surface area (Å²) in [4.78, 5) is 18.1. The van der Waals surface area contributed by atoms with Crippen LogP contribution < -0.4 is 0 Å². The lowest BCUT2D eigenvalue weighted by Crippen LogP contribution is -2.40. The molecule has 19 heavy (non-hydrogen) atoms. The smallest absolute Gasteiger partial charge is 0.272 e. The average Bonchev–Trinajstić information content (AvgIpc) is 2.46. The lowest BCUT2D eigenvalue weighted by Gasteiger charge is -2.32. The molecule has 0 aliphatic carbocycles. The van der Waals surface area contributed by atoms with Crippen LogP contribution in [0.2, 0.25) is 0 Å². The topological polar surface area (TPSA) is 57.0 Å². The van der Waals surface area contributed by atoms with Gasteiger partial charge in [-0.1, -0.05) is 0 Å². The molecule has 0 bridgehead atoms. The first kappa shape index (κ1) is 13.8. The molecule has 2 rings (SSSR count). The van der Waals surface area contributed by atoms with Crippen molar-refractivity contribution >= 4 is 17.5 Å². The van der Waals surface area contributed by atoms with Gasteiger partial charge in [-0.05, 0) is 37.8 Å². The van der Waals surface area contributed by atoms with E-state index in [0.29, 0.717) is 17.2 Å². The Labute approximate surface area is 118 Å². The summed E-state index contributed by atoms with van der Waals surface area (Å²) in [6.07, 6.45) is 3.31. The van der Waals surface area contributed by atoms with Crippen LogP contribution in [0.4, 0.5) is 0 Å². The van der Waals surface area contributed by atoms with Gasteiger partial charge in [0, 0.05) is 24.7 Å². The van der Waals surface area contributed by atoms with Crippen LogP contribution in [-0.2, 0) is 0 Å². The molecule has 1 unspecified atom stereocenters. The van der Waals surface area contributed by atoms with Crippen molar-refractivity contribution in [3.63, 3.8) is 0 Å². The van der Waals surface area contributed by atoms with Crippen molar-refractivity contribution < 1.29 is 4.79 Å². The zero-order valence-corrected chi connectivity index (χ0v) is 11.6. The van der Waals surface area contributed by atoms with Gasteiger partial charge in [0.25, 0.3) is 5.91 Å². The van der Waals surface area contributed by atoms with Crippen LogP contribution in [0.15, 0.2) is 18.3 Å². The molecule has 0 spiro atoms. The number of carbonyl (C=O) groups is 1. The number of aromatic nitrogens is 1. The number of nitriles is 1. The molecular weight excluding hydrogens is 262 g/mol. The van der Waals surface area contributed by atoms with E-state index in [-0.39, 0.29) is 11.3 Å². The Hall–Kier alpha value is -1.60. The molecule has 1 aliphatic rings. The maximum atomic E-state index is 12.2. The molecule has 1 fully saturated rings. The number of pyridine rings is 1. The number of rotatable bonds is 2. The summed E-state index contributed by atoms with van der Waals surface area (Å²) in [6.45, 7) is 3.45. The zero-order chi connectivity index (χ0) is 13.8. The maximum Gasteiger partial charge on any atom is 0.272 e. The summed E-state index contributed by atoms with van der Waals surface area (Å²) in [5.74, 6) is 0.421. The molecule has 1 amide bonds. The third-order valence-corrected chi connectivity index (χ3v) is 3.94. The highest BCUT2D eigenvalue weighted by Gasteiger charge is 2.26. The molecule has 0 N–H and O–H groups in total. The van der Waals surface area contributed by atoms with Crippen molar-refractivity contribution in [2.75, 3.05) is 13.1 Å². The molecule has 1 saturated heterocycles. The molecule has 0 radical (unpaired) electrons. The molecule has 4 nitrogen and oxygen atoms in total. The van der Waals surface area contributed by atoms with Crippen molar-refractivity contribution in [2.24, 2.45) is 5.92 Å². The second-order valence-corrected chi connectivity index (χ2v) is 5.54. The third kappa shape index (κ3) is 3.24. The number of hydrogen-bond donors (Lipinski definition) is 0. The normalized spacial score (nSPS) is 17.8. The Bertz CT molecular complexity index is 484. The predicted molar refractivity (Wildman–Crippen MR) is 72.9 cm³/mol. The summed E-state index contributed by atoms with van der Waals surface area (Å²) >= 11 is 6.09. The fraction of sp³-hybridized carbons (Fsp3) is 0.500. The Kier molecular flexibility index (Phi) is 4.39. The van der Waals surface area contributed by atoms with Gasteiger partial charge in [0.1, 0.15) is 11.8 Å². The van der Waals surface area contributed by atoms with Crippen LogP contribution in [0.1, 0.15) is 35.8 Å². The zero-order valence-electron chi connectivity index (χ0n) is 10.8. The number of nitrogens with zero attached hydrogens (tertiary/aromatic N) is 3. The molecule has 1 aliphatic heterocycles. The van der Waals surface area contributed by atoms with Crippen LogP contribution in [0.5, 0.6) is 0 Å². The second kappa shape index (κ2) is 6.03. The molecule has 1 aromatic rings. The summed E-state index contributed by atoms with van der Waals surface area (Å²) in [6, 6.07) is 5.22. The number of amides is 1. The van der Waals surface area contributed by atoms with Crippen LogP contribution in [-0.4, -0.2) is 34.3 Å². The van der Waals surface area contributed by atoms with Gasteiger partial charge in [0.2, 0.25) is 0 Å². The number of carbonyl (C=O) groups excluding carboxylic acids is 1. The Morgan fingerprint density at radius 1 is 1.53 bits per heavy atom. The van der Waals surface area contributed by atoms with Crippen molar-refractivity contribution in [1.82, 2.24) is 9.88 Å². The van der Waals surface area contributed by atoms with Crippen molar-refractivity contribution in [1.29, 1.82) is 5.26 Å². The highest BCUT2D eigenvalue weighted by Crippen LogP contribution is 2.24. The van der Waals surface area contributed by atoms with E-state index in [2.05, 4.69) is 4.98 Å². The molecule has 1 atom stereocenters. The number of likely N-dealkylation sites (tertiary alicyclic amines) is 1. The number of hydrogen-bond acceptors (Lipinski definition) is 3. The van der Waals surface area contributed by atoms with E-state index in [4.69, 9.17) is 16.9 Å². The minimum Gasteiger partial charge on any atom is -0.337 e. The first-order valence-corrected chi connectivity index (χ1v) is 6.85. The minimum absolute atomic E-state index is 0.0647. The van der Waals surface area contributed by atoms with Crippen molar-refractivity contribution in [3.05, 3.63) is 29.6 Å². The number of piperidine rings is 1. The van der Waals surface area contributed by atoms with Crippen molar-refractivity contribution in [2.45, 2.75) is 25.1 Å². The fourth-order valence-corrected chi connectivity index (χ4v) is 2.56. The van der Waals surface area contributed by atoms with Crippen molar-refractivity contribution in [3.8, 4) is 6.07 Å². The summed E-state index contributed by atoms with van der Waals surface area (Å²) in [7, 11) is 0. The van der Waals surface area contributed by atoms with E-state index in [1.54, 1.807) is 12.1 Å². The molecule has 1 aromatic heterocycles. The molecule has 0 aromatic carbocycles. The maximum absolute atomic E-state index is 12.2. The van der Waals surface area contributed by atoms with E-state index in [9.17, 15) is 4.79 Å². The third-order valence-electron chi connectivity index (χ3n) is 3.59. The summed E-state index contributed by atoms with van der Waals surface area (Å²) in [5.41, 5.74) is 0.864. The highest BCUT2D eigenvalue weighted by atomic mass is 35.5. The van der Waals surface area contributed by atoms with Gasteiger partial charge >= 0.3 is 0 Å². The van der Waals surface area contributed by atoms with Gasteiger partial charge in [-0.25, -0.2) is 4.98 Å². The van der Waals surface area contributed by atoms with Crippen LogP contribution in [0.3, 0.4) is 0 Å². The molecule has 0 saturated carbocycles. The van der Waals surface area contributed by atoms with Crippen LogP contribution in [0.25, 0.3) is 0 Å². The van der Waals surface area contributed by atoms with Gasteiger partial charge in [0.15, 0.2) is 0 Å². The Morgan fingerprint density at radius 3 is 2.68 bits per heavy atom. The van der Waals surface area contributed by atoms with E-state index in [1.165, 1.54) is 6.20 Å². The second-order valence-electron chi connectivity index (χ2n) is 4.85. The minimum atomic E-state index is -0.0647. The first-order valence-electron chi connectivity index (χ1n) is 6.41. The fourth-order valence-electron chi connectivity index (χ4n) is 2.31. The molecule has 2 heterocycles. The van der Waals surface area contributed by atoms with E-state index < -0.39 is 0 Å². The Balaban J connectivity index is 1.99. The molecule has 5 heteroatoms. The van der Waals surface area contributed by atoms with Gasteiger partial charge in [0.05, 0.1) is 5.56 Å². The van der Waals surface area contributed by atoms with Crippen LogP contribution in [0, 0.1) is 17.2 Å². The quantitative estimate of drug-likeness (QED) is 0.780. The molecular formula is C14H16ClN3O. The van der Waals surface area contributed by atoms with Crippen LogP contribution >= 0.6 is 11.6 Å². The lowest BCUT2D eigenvalue weighted by molar-refractivity contribution is 0.0684. The van der Waals surface area contributed by atoms with Gasteiger partial charge in [-0.3, -0.25) is 4.79 Å². The average molecular weight is 278 g/mol. The molecule has 100 valence electrons. The van der Waals surface area contributed by atoms with Gasteiger partial charge in [-0.15, -0.1) is 11.6 Å². The number of alkyl halides is 1. The number of halogens is 1. The van der Waals surface area contributed by atoms with E-state index >= 15 is 0 Å².